The maximum absolute atomic E-state index is 4.40. The normalized spacial score (nSPS) is 14.5. The highest BCUT2D eigenvalue weighted by Gasteiger charge is 2.14. The summed E-state index contributed by atoms with van der Waals surface area (Å²) >= 11 is 0. The van der Waals surface area contributed by atoms with Crippen molar-refractivity contribution in [1.29, 1.82) is 0 Å². The predicted octanol–water partition coefficient (Wildman–Crippen LogP) is 3.13. The van der Waals surface area contributed by atoms with E-state index in [0.717, 1.165) is 12.2 Å². The fraction of sp³-hybridized carbons (Fsp3) is 0.267. The number of fused-ring (bicyclic) bond motifs is 1. The Hall–Kier alpha value is -1.83. The summed E-state index contributed by atoms with van der Waals surface area (Å²) in [6.07, 6.45) is 4.27. The van der Waals surface area contributed by atoms with E-state index < -0.39 is 0 Å². The van der Waals surface area contributed by atoms with Crippen molar-refractivity contribution >= 4 is 5.69 Å². The number of hydrogen-bond acceptors (Lipinski definition) is 2. The van der Waals surface area contributed by atoms with Crippen LogP contribution in [0.4, 0.5) is 5.69 Å². The molecule has 17 heavy (non-hydrogen) atoms. The number of aryl methyl sites for hydroxylation is 1. The third-order valence-corrected chi connectivity index (χ3v) is 3.39. The second-order valence-electron chi connectivity index (χ2n) is 4.58. The molecule has 2 nitrogen and oxygen atoms in total. The molecule has 0 atom stereocenters. The number of aromatic nitrogens is 1. The highest BCUT2D eigenvalue weighted by atomic mass is 15.1. The first-order valence-corrected chi connectivity index (χ1v) is 6.10. The van der Waals surface area contributed by atoms with Crippen molar-refractivity contribution < 1.29 is 0 Å². The van der Waals surface area contributed by atoms with E-state index in [0.29, 0.717) is 0 Å². The van der Waals surface area contributed by atoms with Crippen LogP contribution in [0.25, 0.3) is 11.3 Å². The molecule has 2 heteroatoms. The van der Waals surface area contributed by atoms with Crippen LogP contribution in [-0.4, -0.2) is 18.6 Å². The van der Waals surface area contributed by atoms with Gasteiger partial charge in [-0.3, -0.25) is 4.98 Å². The maximum Gasteiger partial charge on any atom is 0.0702 e. The van der Waals surface area contributed by atoms with Gasteiger partial charge in [0, 0.05) is 31.0 Å². The van der Waals surface area contributed by atoms with Crippen LogP contribution in [0.3, 0.4) is 0 Å². The largest absolute Gasteiger partial charge is 0.374 e. The van der Waals surface area contributed by atoms with Crippen LogP contribution >= 0.6 is 0 Å². The number of pyridine rings is 1. The summed E-state index contributed by atoms with van der Waals surface area (Å²) in [5.74, 6) is 0. The lowest BCUT2D eigenvalue weighted by molar-refractivity contribution is 0.745. The van der Waals surface area contributed by atoms with E-state index in [9.17, 15) is 0 Å². The lowest BCUT2D eigenvalue weighted by atomic mass is 9.98. The predicted molar refractivity (Wildman–Crippen MR) is 71.3 cm³/mol. The van der Waals surface area contributed by atoms with Gasteiger partial charge in [-0.25, -0.2) is 0 Å². The van der Waals surface area contributed by atoms with Crippen LogP contribution < -0.4 is 4.90 Å². The molecule has 0 bridgehead atoms. The summed E-state index contributed by atoms with van der Waals surface area (Å²) < 4.78 is 0. The third kappa shape index (κ3) is 1.91. The summed E-state index contributed by atoms with van der Waals surface area (Å²) in [6, 6.07) is 12.7. The topological polar surface area (TPSA) is 16.1 Å². The van der Waals surface area contributed by atoms with Crippen molar-refractivity contribution in [3.05, 3.63) is 48.2 Å². The number of rotatable bonds is 1. The molecule has 0 saturated carbocycles. The van der Waals surface area contributed by atoms with Crippen molar-refractivity contribution in [2.45, 2.75) is 12.8 Å². The van der Waals surface area contributed by atoms with Gasteiger partial charge in [0.15, 0.2) is 0 Å². The molecule has 0 N–H and O–H groups in total. The second-order valence-corrected chi connectivity index (χ2v) is 4.58. The summed E-state index contributed by atoms with van der Waals surface area (Å²) in [4.78, 5) is 6.74. The first kappa shape index (κ1) is 10.3. The molecule has 2 aromatic rings. The molecule has 0 radical (unpaired) electrons. The molecule has 1 aromatic heterocycles. The van der Waals surface area contributed by atoms with E-state index in [2.05, 4.69) is 41.2 Å². The van der Waals surface area contributed by atoms with Gasteiger partial charge >= 0.3 is 0 Å². The summed E-state index contributed by atoms with van der Waals surface area (Å²) in [5, 5.41) is 0. The second kappa shape index (κ2) is 4.21. The Morgan fingerprint density at radius 2 is 2.12 bits per heavy atom. The molecule has 0 aliphatic carbocycles. The van der Waals surface area contributed by atoms with Crippen LogP contribution in [0.2, 0.25) is 0 Å². The molecule has 2 heterocycles. The van der Waals surface area contributed by atoms with Gasteiger partial charge in [0.25, 0.3) is 0 Å². The Labute approximate surface area is 102 Å². The molecule has 0 fully saturated rings. The first-order valence-electron chi connectivity index (χ1n) is 6.10. The Morgan fingerprint density at radius 3 is 2.94 bits per heavy atom. The average molecular weight is 224 g/mol. The molecule has 0 amide bonds. The molecular weight excluding hydrogens is 208 g/mol. The van der Waals surface area contributed by atoms with Gasteiger partial charge in [-0.05, 0) is 42.7 Å². The number of benzene rings is 1. The molecule has 3 rings (SSSR count). The van der Waals surface area contributed by atoms with Gasteiger partial charge in [0.05, 0.1) is 5.69 Å². The highest BCUT2D eigenvalue weighted by Crippen LogP contribution is 2.29. The Bertz CT molecular complexity index is 520. The van der Waals surface area contributed by atoms with Gasteiger partial charge in [0.2, 0.25) is 0 Å². The van der Waals surface area contributed by atoms with Crippen molar-refractivity contribution in [3.63, 3.8) is 0 Å². The molecule has 1 aliphatic heterocycles. The van der Waals surface area contributed by atoms with Crippen molar-refractivity contribution in [2.24, 2.45) is 0 Å². The molecule has 1 aromatic carbocycles. The molecule has 0 spiro atoms. The van der Waals surface area contributed by atoms with E-state index >= 15 is 0 Å². The quantitative estimate of drug-likeness (QED) is 0.739. The minimum absolute atomic E-state index is 1.06. The van der Waals surface area contributed by atoms with Crippen LogP contribution in [0.1, 0.15) is 12.0 Å². The number of nitrogens with zero attached hydrogens (tertiary/aromatic N) is 2. The third-order valence-electron chi connectivity index (χ3n) is 3.39. The Balaban J connectivity index is 2.04. The van der Waals surface area contributed by atoms with Gasteiger partial charge in [-0.2, -0.15) is 0 Å². The molecule has 0 saturated heterocycles. The molecule has 1 aliphatic rings. The van der Waals surface area contributed by atoms with Gasteiger partial charge in [-0.1, -0.05) is 12.1 Å². The van der Waals surface area contributed by atoms with Gasteiger partial charge in [-0.15, -0.1) is 0 Å². The van der Waals surface area contributed by atoms with E-state index in [1.165, 1.54) is 29.7 Å². The van der Waals surface area contributed by atoms with Crippen LogP contribution in [-0.2, 0) is 6.42 Å². The summed E-state index contributed by atoms with van der Waals surface area (Å²) in [5.41, 5.74) is 5.10. The average Bonchev–Trinajstić information content (AvgIpc) is 2.40. The highest BCUT2D eigenvalue weighted by molar-refractivity contribution is 5.67. The lowest BCUT2D eigenvalue weighted by Crippen LogP contribution is -2.24. The van der Waals surface area contributed by atoms with Crippen molar-refractivity contribution in [2.75, 3.05) is 18.5 Å². The van der Waals surface area contributed by atoms with Gasteiger partial charge in [0.1, 0.15) is 0 Å². The lowest BCUT2D eigenvalue weighted by Gasteiger charge is -2.27. The maximum atomic E-state index is 4.40. The summed E-state index contributed by atoms with van der Waals surface area (Å²) in [6.45, 7) is 1.16. The zero-order valence-electron chi connectivity index (χ0n) is 10.1. The fourth-order valence-electron chi connectivity index (χ4n) is 2.48. The minimum atomic E-state index is 1.06. The Morgan fingerprint density at radius 1 is 1.18 bits per heavy atom. The number of anilines is 1. The fourth-order valence-corrected chi connectivity index (χ4v) is 2.48. The van der Waals surface area contributed by atoms with E-state index in [1.54, 1.807) is 0 Å². The van der Waals surface area contributed by atoms with E-state index in [4.69, 9.17) is 0 Å². The number of hydrogen-bond donors (Lipinski definition) is 0. The molecule has 86 valence electrons. The first-order chi connectivity index (χ1) is 8.34. The zero-order chi connectivity index (χ0) is 11.7. The van der Waals surface area contributed by atoms with Gasteiger partial charge < -0.3 is 4.90 Å². The minimum Gasteiger partial charge on any atom is -0.374 e. The molecular formula is C15H16N2. The van der Waals surface area contributed by atoms with Crippen LogP contribution in [0, 0.1) is 0 Å². The van der Waals surface area contributed by atoms with E-state index in [1.807, 2.05) is 18.3 Å². The van der Waals surface area contributed by atoms with E-state index in [-0.39, 0.29) is 0 Å². The van der Waals surface area contributed by atoms with Crippen molar-refractivity contribution in [1.82, 2.24) is 4.98 Å². The zero-order valence-corrected chi connectivity index (χ0v) is 10.1. The summed E-state index contributed by atoms with van der Waals surface area (Å²) in [7, 11) is 2.17. The van der Waals surface area contributed by atoms with Crippen LogP contribution in [0.5, 0.6) is 0 Å². The molecule has 0 unspecified atom stereocenters. The van der Waals surface area contributed by atoms with Crippen molar-refractivity contribution in [3.8, 4) is 11.3 Å². The standard InChI is InChI=1S/C15H16N2/c1-17-10-4-5-13-11-12(7-8-15(13)17)14-6-2-3-9-16-14/h2-3,6-9,11H,4-5,10H2,1H3. The smallest absolute Gasteiger partial charge is 0.0702 e. The SMILES string of the molecule is CN1CCCc2cc(-c3ccccn3)ccc21. The monoisotopic (exact) mass is 224 g/mol. The van der Waals surface area contributed by atoms with Crippen LogP contribution in [0.15, 0.2) is 42.6 Å². The Kier molecular flexibility index (Phi) is 2.56.